The number of benzene rings is 1. The van der Waals surface area contributed by atoms with Crippen LogP contribution in [0.15, 0.2) is 60.5 Å². The zero-order valence-electron chi connectivity index (χ0n) is 16.8. The number of allylic oxidation sites excluding steroid dienone is 5. The highest BCUT2D eigenvalue weighted by Crippen LogP contribution is 2.12. The lowest BCUT2D eigenvalue weighted by molar-refractivity contribution is -0.125. The molecule has 1 rings (SSSR count). The highest BCUT2D eigenvalue weighted by molar-refractivity contribution is 5.83. The number of methoxy groups -OCH3 is 1. The molecule has 0 unspecified atom stereocenters. The molecule has 0 bridgehead atoms. The van der Waals surface area contributed by atoms with Gasteiger partial charge in [-0.1, -0.05) is 24.3 Å². The minimum absolute atomic E-state index is 0. The molecular weight excluding hydrogens is 363 g/mol. The van der Waals surface area contributed by atoms with Gasteiger partial charge in [0, 0.05) is 30.5 Å². The Morgan fingerprint density at radius 1 is 1.18 bits per heavy atom. The van der Waals surface area contributed by atoms with Crippen LogP contribution in [0, 0.1) is 0 Å². The minimum atomic E-state index is -0.341. The summed E-state index contributed by atoms with van der Waals surface area (Å²) in [5.74, 6) is -0.195. The Hall–Kier alpha value is -2.93. The molecule has 1 aromatic rings. The van der Waals surface area contributed by atoms with Crippen LogP contribution in [0.3, 0.4) is 0 Å². The van der Waals surface area contributed by atoms with E-state index in [1.54, 1.807) is 44.6 Å². The van der Waals surface area contributed by atoms with Gasteiger partial charge in [0.2, 0.25) is 11.8 Å². The van der Waals surface area contributed by atoms with Crippen LogP contribution in [0.1, 0.15) is 22.3 Å². The fraction of sp³-hybridized carbons (Fsp3) is 0.333. The molecule has 7 heteroatoms. The maximum atomic E-state index is 13.2. The zero-order valence-corrected chi connectivity index (χ0v) is 16.8. The van der Waals surface area contributed by atoms with Gasteiger partial charge in [0.25, 0.3) is 0 Å². The van der Waals surface area contributed by atoms with E-state index in [1.807, 2.05) is 19.1 Å². The standard InChI is InChI=1S/C19H23FN2O3.C2H6O.2H2/c1-3-4-6-17(20)7-5-12-25-18-10-8-16(9-11-18)13-22-19(24)14-21-15(2)23;1-3-2;;/h3-11H,12-14H2,1-2H3,(H,21,23)(H,22,24);1-2H3;2*1H/b4-3-,7-5+,17-6+;;;. The maximum Gasteiger partial charge on any atom is 0.239 e. The van der Waals surface area contributed by atoms with E-state index >= 15 is 0 Å². The van der Waals surface area contributed by atoms with Crippen molar-refractivity contribution in [1.82, 2.24) is 10.6 Å². The number of ether oxygens (including phenoxy) is 2. The molecule has 0 aliphatic carbocycles. The first-order valence-electron chi connectivity index (χ1n) is 8.71. The average Bonchev–Trinajstić information content (AvgIpc) is 2.68. The number of rotatable bonds is 9. The molecule has 28 heavy (non-hydrogen) atoms. The number of carbonyl (C=O) groups excluding carboxylic acids is 2. The molecular formula is C21H33FN2O4. The fourth-order valence-corrected chi connectivity index (χ4v) is 1.72. The summed E-state index contributed by atoms with van der Waals surface area (Å²) >= 11 is 0. The van der Waals surface area contributed by atoms with E-state index in [2.05, 4.69) is 15.4 Å². The third kappa shape index (κ3) is 14.3. The second-order valence-corrected chi connectivity index (χ2v) is 5.53. The first-order chi connectivity index (χ1) is 13.4. The molecule has 2 N–H and O–H groups in total. The molecule has 0 saturated carbocycles. The third-order valence-electron chi connectivity index (χ3n) is 2.98. The van der Waals surface area contributed by atoms with E-state index in [4.69, 9.17) is 4.74 Å². The normalized spacial score (nSPS) is 11.1. The predicted octanol–water partition coefficient (Wildman–Crippen LogP) is 3.56. The Labute approximate surface area is 169 Å². The smallest absolute Gasteiger partial charge is 0.239 e. The second kappa shape index (κ2) is 16.3. The number of halogens is 1. The SMILES string of the molecule is COC.C\C=C/C=C(F)\C=C\COc1ccc(CNC(=O)CNC(C)=O)cc1.[HH].[HH]. The number of hydrogen-bond donors (Lipinski definition) is 2. The number of carbonyl (C=O) groups is 2. The zero-order chi connectivity index (χ0) is 21.2. The van der Waals surface area contributed by atoms with Crippen molar-refractivity contribution in [1.29, 1.82) is 0 Å². The van der Waals surface area contributed by atoms with Crippen LogP contribution in [0.2, 0.25) is 0 Å². The second-order valence-electron chi connectivity index (χ2n) is 5.53. The molecule has 0 aromatic heterocycles. The van der Waals surface area contributed by atoms with Gasteiger partial charge < -0.3 is 20.1 Å². The molecule has 1 aromatic carbocycles. The summed E-state index contributed by atoms with van der Waals surface area (Å²) in [4.78, 5) is 22.2. The van der Waals surface area contributed by atoms with E-state index in [0.29, 0.717) is 12.3 Å². The third-order valence-corrected chi connectivity index (χ3v) is 2.98. The summed E-state index contributed by atoms with van der Waals surface area (Å²) in [5.41, 5.74) is 0.902. The lowest BCUT2D eigenvalue weighted by atomic mass is 10.2. The Morgan fingerprint density at radius 2 is 1.82 bits per heavy atom. The van der Waals surface area contributed by atoms with Crippen LogP contribution in [-0.2, 0) is 20.9 Å². The molecule has 0 fully saturated rings. The van der Waals surface area contributed by atoms with Gasteiger partial charge in [-0.25, -0.2) is 4.39 Å². The topological polar surface area (TPSA) is 76.7 Å². The van der Waals surface area contributed by atoms with Gasteiger partial charge in [0.05, 0.1) is 6.54 Å². The Balaban J connectivity index is -0.00000137. The predicted molar refractivity (Wildman–Crippen MR) is 113 cm³/mol. The van der Waals surface area contributed by atoms with Crippen LogP contribution in [0.4, 0.5) is 4.39 Å². The van der Waals surface area contributed by atoms with Crippen molar-refractivity contribution in [3.05, 3.63) is 66.0 Å². The van der Waals surface area contributed by atoms with Gasteiger partial charge in [-0.2, -0.15) is 0 Å². The van der Waals surface area contributed by atoms with Gasteiger partial charge in [-0.05, 0) is 42.8 Å². The maximum absolute atomic E-state index is 13.2. The average molecular weight is 397 g/mol. The van der Waals surface area contributed by atoms with Crippen LogP contribution in [-0.4, -0.2) is 39.2 Å². The van der Waals surface area contributed by atoms with Crippen LogP contribution >= 0.6 is 0 Å². The molecule has 0 aliphatic rings. The lowest BCUT2D eigenvalue weighted by Gasteiger charge is -2.07. The van der Waals surface area contributed by atoms with Crippen molar-refractivity contribution in [2.24, 2.45) is 0 Å². The Bertz CT molecular complexity index is 678. The van der Waals surface area contributed by atoms with Crippen molar-refractivity contribution >= 4 is 11.8 Å². The highest BCUT2D eigenvalue weighted by Gasteiger charge is 2.02. The van der Waals surface area contributed by atoms with Gasteiger partial charge in [-0.3, -0.25) is 9.59 Å². The van der Waals surface area contributed by atoms with Crippen molar-refractivity contribution in [2.75, 3.05) is 27.4 Å². The number of amides is 2. The summed E-state index contributed by atoms with van der Waals surface area (Å²) in [6.45, 7) is 3.74. The number of nitrogens with one attached hydrogen (secondary N) is 2. The van der Waals surface area contributed by atoms with E-state index in [0.717, 1.165) is 5.56 Å². The van der Waals surface area contributed by atoms with Crippen molar-refractivity contribution in [3.63, 3.8) is 0 Å². The Morgan fingerprint density at radius 3 is 2.39 bits per heavy atom. The largest absolute Gasteiger partial charge is 0.490 e. The fourth-order valence-electron chi connectivity index (χ4n) is 1.72. The molecule has 0 saturated heterocycles. The lowest BCUT2D eigenvalue weighted by Crippen LogP contribution is -2.35. The molecule has 2 amide bonds. The molecule has 0 aliphatic heterocycles. The van der Waals surface area contributed by atoms with Crippen LogP contribution in [0.25, 0.3) is 0 Å². The molecule has 0 spiro atoms. The van der Waals surface area contributed by atoms with Crippen LogP contribution < -0.4 is 15.4 Å². The summed E-state index contributed by atoms with van der Waals surface area (Å²) in [5, 5.41) is 5.12. The van der Waals surface area contributed by atoms with E-state index < -0.39 is 0 Å². The summed E-state index contributed by atoms with van der Waals surface area (Å²) in [7, 11) is 3.25. The summed E-state index contributed by atoms with van der Waals surface area (Å²) in [6, 6.07) is 7.19. The van der Waals surface area contributed by atoms with Gasteiger partial charge in [0.1, 0.15) is 18.2 Å². The van der Waals surface area contributed by atoms with Crippen LogP contribution in [0.5, 0.6) is 5.75 Å². The summed E-state index contributed by atoms with van der Waals surface area (Å²) in [6.07, 6.45) is 7.66. The molecule has 6 nitrogen and oxygen atoms in total. The first kappa shape index (κ1) is 25.1. The van der Waals surface area contributed by atoms with E-state index in [-0.39, 0.29) is 33.6 Å². The van der Waals surface area contributed by atoms with Crippen molar-refractivity contribution < 1.29 is 26.3 Å². The molecule has 0 heterocycles. The quantitative estimate of drug-likeness (QED) is 0.626. The minimum Gasteiger partial charge on any atom is -0.490 e. The monoisotopic (exact) mass is 396 g/mol. The molecule has 0 radical (unpaired) electrons. The summed E-state index contributed by atoms with van der Waals surface area (Å²) < 4.78 is 23.0. The molecule has 0 atom stereocenters. The van der Waals surface area contributed by atoms with Gasteiger partial charge >= 0.3 is 0 Å². The van der Waals surface area contributed by atoms with Crippen molar-refractivity contribution in [3.8, 4) is 5.75 Å². The Kier molecular flexibility index (Phi) is 14.6. The van der Waals surface area contributed by atoms with E-state index in [1.165, 1.54) is 19.1 Å². The van der Waals surface area contributed by atoms with E-state index in [9.17, 15) is 14.0 Å². The van der Waals surface area contributed by atoms with Gasteiger partial charge in [-0.15, -0.1) is 0 Å². The highest BCUT2D eigenvalue weighted by atomic mass is 19.1. The number of hydrogen-bond acceptors (Lipinski definition) is 4. The molecule has 158 valence electrons. The van der Waals surface area contributed by atoms with Gasteiger partial charge in [0.15, 0.2) is 0 Å². The van der Waals surface area contributed by atoms with Crippen molar-refractivity contribution in [2.45, 2.75) is 20.4 Å². The first-order valence-corrected chi connectivity index (χ1v) is 8.71.